The van der Waals surface area contributed by atoms with Gasteiger partial charge in [0.25, 0.3) is 0 Å². The Morgan fingerprint density at radius 3 is 2.44 bits per heavy atom. The van der Waals surface area contributed by atoms with Crippen molar-refractivity contribution in [3.05, 3.63) is 29.3 Å². The molecule has 1 aromatic carbocycles. The fourth-order valence-corrected chi connectivity index (χ4v) is 2.38. The molecule has 2 rings (SSSR count). The normalized spacial score (nSPS) is 23.5. The maximum absolute atomic E-state index is 13.1. The summed E-state index contributed by atoms with van der Waals surface area (Å²) in [5.74, 6) is -2.62. The Morgan fingerprint density at radius 1 is 1.22 bits per heavy atom. The number of benzene rings is 1. The van der Waals surface area contributed by atoms with E-state index in [1.807, 2.05) is 0 Å². The Balaban J connectivity index is 1.87. The standard InChI is InChI=1S/C13H17F2NO2/c14-10-4-8(5-11(15)13(10)18)6-16-7-9-2-1-3-12(9)17/h4-5,9,12,16-18H,1-3,6-7H2. The van der Waals surface area contributed by atoms with Crippen LogP contribution in [-0.2, 0) is 6.54 Å². The van der Waals surface area contributed by atoms with Crippen LogP contribution in [0.3, 0.4) is 0 Å². The van der Waals surface area contributed by atoms with Crippen molar-refractivity contribution in [2.75, 3.05) is 6.54 Å². The van der Waals surface area contributed by atoms with Crippen LogP contribution >= 0.6 is 0 Å². The predicted octanol–water partition coefficient (Wildman–Crippen LogP) is 1.92. The Bertz CT molecular complexity index is 402. The van der Waals surface area contributed by atoms with Gasteiger partial charge in [0.1, 0.15) is 0 Å². The average molecular weight is 257 g/mol. The van der Waals surface area contributed by atoms with Crippen LogP contribution in [0.5, 0.6) is 5.75 Å². The molecule has 2 unspecified atom stereocenters. The van der Waals surface area contributed by atoms with Crippen LogP contribution in [0.25, 0.3) is 0 Å². The molecule has 18 heavy (non-hydrogen) atoms. The van der Waals surface area contributed by atoms with Gasteiger partial charge in [-0.05, 0) is 36.5 Å². The molecule has 0 spiro atoms. The highest BCUT2D eigenvalue weighted by atomic mass is 19.1. The molecule has 0 saturated heterocycles. The van der Waals surface area contributed by atoms with Crippen molar-refractivity contribution in [1.82, 2.24) is 5.32 Å². The Kier molecular flexibility index (Phi) is 4.14. The monoisotopic (exact) mass is 257 g/mol. The third-order valence-corrected chi connectivity index (χ3v) is 3.43. The molecule has 0 aliphatic heterocycles. The molecule has 3 nitrogen and oxygen atoms in total. The summed E-state index contributed by atoms with van der Waals surface area (Å²) in [4.78, 5) is 0. The van der Waals surface area contributed by atoms with E-state index in [4.69, 9.17) is 5.11 Å². The number of hydrogen-bond acceptors (Lipinski definition) is 3. The van der Waals surface area contributed by atoms with E-state index in [9.17, 15) is 13.9 Å². The summed E-state index contributed by atoms with van der Waals surface area (Å²) in [5, 5.41) is 21.7. The summed E-state index contributed by atoms with van der Waals surface area (Å²) in [6.45, 7) is 0.947. The summed E-state index contributed by atoms with van der Waals surface area (Å²) in [7, 11) is 0. The van der Waals surface area contributed by atoms with Gasteiger partial charge < -0.3 is 15.5 Å². The summed E-state index contributed by atoms with van der Waals surface area (Å²) >= 11 is 0. The number of rotatable bonds is 4. The van der Waals surface area contributed by atoms with Gasteiger partial charge in [0.05, 0.1) is 6.10 Å². The van der Waals surface area contributed by atoms with Crippen LogP contribution in [0.2, 0.25) is 0 Å². The molecule has 1 fully saturated rings. The molecule has 0 radical (unpaired) electrons. The molecule has 0 heterocycles. The Hall–Kier alpha value is -1.20. The number of hydrogen-bond donors (Lipinski definition) is 3. The lowest BCUT2D eigenvalue weighted by atomic mass is 10.1. The highest BCUT2D eigenvalue weighted by Gasteiger charge is 2.24. The van der Waals surface area contributed by atoms with Gasteiger partial charge in [-0.25, -0.2) is 8.78 Å². The summed E-state index contributed by atoms with van der Waals surface area (Å²) < 4.78 is 26.1. The lowest BCUT2D eigenvalue weighted by Gasteiger charge is -2.15. The summed E-state index contributed by atoms with van der Waals surface area (Å²) in [6, 6.07) is 2.22. The van der Waals surface area contributed by atoms with E-state index >= 15 is 0 Å². The zero-order valence-corrected chi connectivity index (χ0v) is 10.00. The van der Waals surface area contributed by atoms with Crippen molar-refractivity contribution >= 4 is 0 Å². The fourth-order valence-electron chi connectivity index (χ4n) is 2.38. The van der Waals surface area contributed by atoms with Gasteiger partial charge in [-0.1, -0.05) is 6.42 Å². The van der Waals surface area contributed by atoms with E-state index < -0.39 is 17.4 Å². The molecular formula is C13H17F2NO2. The summed E-state index contributed by atoms with van der Waals surface area (Å²) in [6.07, 6.45) is 2.56. The highest BCUT2D eigenvalue weighted by molar-refractivity contribution is 5.29. The van der Waals surface area contributed by atoms with E-state index in [0.29, 0.717) is 18.7 Å². The minimum absolute atomic E-state index is 0.219. The highest BCUT2D eigenvalue weighted by Crippen LogP contribution is 2.25. The van der Waals surface area contributed by atoms with E-state index in [-0.39, 0.29) is 12.0 Å². The van der Waals surface area contributed by atoms with E-state index in [0.717, 1.165) is 31.4 Å². The molecule has 2 atom stereocenters. The second-order valence-corrected chi connectivity index (χ2v) is 4.80. The smallest absolute Gasteiger partial charge is 0.187 e. The molecule has 0 aromatic heterocycles. The quantitative estimate of drug-likeness (QED) is 0.772. The average Bonchev–Trinajstić information content (AvgIpc) is 2.72. The second kappa shape index (κ2) is 5.63. The van der Waals surface area contributed by atoms with E-state index in [1.165, 1.54) is 0 Å². The molecule has 5 heteroatoms. The first kappa shape index (κ1) is 13.2. The van der Waals surface area contributed by atoms with Gasteiger partial charge in [-0.15, -0.1) is 0 Å². The van der Waals surface area contributed by atoms with Crippen molar-refractivity contribution in [2.45, 2.75) is 31.9 Å². The maximum Gasteiger partial charge on any atom is 0.187 e. The summed E-state index contributed by atoms with van der Waals surface area (Å²) in [5.41, 5.74) is 0.440. The van der Waals surface area contributed by atoms with Gasteiger partial charge in [0.2, 0.25) is 0 Å². The molecular weight excluding hydrogens is 240 g/mol. The first-order valence-electron chi connectivity index (χ1n) is 6.13. The van der Waals surface area contributed by atoms with Gasteiger partial charge >= 0.3 is 0 Å². The number of halogens is 2. The first-order valence-corrected chi connectivity index (χ1v) is 6.13. The molecule has 1 aliphatic rings. The van der Waals surface area contributed by atoms with E-state index in [1.54, 1.807) is 0 Å². The van der Waals surface area contributed by atoms with Crippen molar-refractivity contribution in [3.8, 4) is 5.75 Å². The minimum Gasteiger partial charge on any atom is -0.503 e. The fraction of sp³-hybridized carbons (Fsp3) is 0.538. The zero-order chi connectivity index (χ0) is 13.1. The number of nitrogens with one attached hydrogen (secondary N) is 1. The number of aromatic hydroxyl groups is 1. The maximum atomic E-state index is 13.1. The largest absolute Gasteiger partial charge is 0.503 e. The SMILES string of the molecule is Oc1c(F)cc(CNCC2CCCC2O)cc1F. The molecule has 3 N–H and O–H groups in total. The van der Waals surface area contributed by atoms with Gasteiger partial charge in [0.15, 0.2) is 17.4 Å². The van der Waals surface area contributed by atoms with Crippen LogP contribution in [0, 0.1) is 17.6 Å². The molecule has 0 bridgehead atoms. The predicted molar refractivity (Wildman–Crippen MR) is 63.1 cm³/mol. The minimum atomic E-state index is -0.951. The molecule has 1 aliphatic carbocycles. The van der Waals surface area contributed by atoms with Crippen LogP contribution in [0.4, 0.5) is 8.78 Å². The van der Waals surface area contributed by atoms with Crippen LogP contribution in [0.1, 0.15) is 24.8 Å². The zero-order valence-electron chi connectivity index (χ0n) is 10.00. The third-order valence-electron chi connectivity index (χ3n) is 3.43. The lowest BCUT2D eigenvalue weighted by molar-refractivity contribution is 0.131. The number of aliphatic hydroxyl groups is 1. The topological polar surface area (TPSA) is 52.5 Å². The van der Waals surface area contributed by atoms with Crippen molar-refractivity contribution in [2.24, 2.45) is 5.92 Å². The lowest BCUT2D eigenvalue weighted by Crippen LogP contribution is -2.27. The third kappa shape index (κ3) is 2.97. The first-order chi connectivity index (χ1) is 8.58. The number of aliphatic hydroxyl groups excluding tert-OH is 1. The molecule has 1 saturated carbocycles. The molecule has 0 amide bonds. The van der Waals surface area contributed by atoms with Gasteiger partial charge in [0, 0.05) is 13.1 Å². The second-order valence-electron chi connectivity index (χ2n) is 4.80. The number of phenols is 1. The van der Waals surface area contributed by atoms with Gasteiger partial charge in [-0.2, -0.15) is 0 Å². The molecule has 1 aromatic rings. The van der Waals surface area contributed by atoms with Crippen LogP contribution in [0.15, 0.2) is 12.1 Å². The van der Waals surface area contributed by atoms with Crippen LogP contribution in [-0.4, -0.2) is 22.9 Å². The van der Waals surface area contributed by atoms with Crippen LogP contribution < -0.4 is 5.32 Å². The van der Waals surface area contributed by atoms with Crippen molar-refractivity contribution < 1.29 is 19.0 Å². The van der Waals surface area contributed by atoms with E-state index in [2.05, 4.69) is 5.32 Å². The molecule has 100 valence electrons. The Morgan fingerprint density at radius 2 is 1.89 bits per heavy atom. The Labute approximate surface area is 104 Å². The van der Waals surface area contributed by atoms with Crippen molar-refractivity contribution in [1.29, 1.82) is 0 Å². The van der Waals surface area contributed by atoms with Gasteiger partial charge in [-0.3, -0.25) is 0 Å². The number of phenolic OH excluding ortho intramolecular Hbond substituents is 1. The van der Waals surface area contributed by atoms with Crippen molar-refractivity contribution in [3.63, 3.8) is 0 Å².